The van der Waals surface area contributed by atoms with Gasteiger partial charge in [-0.2, -0.15) is 5.10 Å². The zero-order chi connectivity index (χ0) is 14.8. The molecule has 1 aromatic heterocycles. The normalized spacial score (nSPS) is 14.8. The van der Waals surface area contributed by atoms with Crippen LogP contribution < -0.4 is 10.2 Å². The molecule has 0 bridgehead atoms. The first kappa shape index (κ1) is 13.7. The van der Waals surface area contributed by atoms with Gasteiger partial charge in [-0.1, -0.05) is 12.1 Å². The first-order valence-corrected chi connectivity index (χ1v) is 7.27. The summed E-state index contributed by atoms with van der Waals surface area (Å²) in [5.74, 6) is 0.210. The Morgan fingerprint density at radius 1 is 1.33 bits per heavy atom. The molecule has 0 unspecified atom stereocenters. The minimum absolute atomic E-state index is 0.210. The Bertz CT molecular complexity index is 662. The number of aryl methyl sites for hydroxylation is 2. The first-order chi connectivity index (χ1) is 10.1. The van der Waals surface area contributed by atoms with E-state index >= 15 is 0 Å². The van der Waals surface area contributed by atoms with Crippen LogP contribution in [0.5, 0.6) is 0 Å². The van der Waals surface area contributed by atoms with Gasteiger partial charge >= 0.3 is 0 Å². The molecular weight excluding hydrogens is 264 g/mol. The van der Waals surface area contributed by atoms with Crippen LogP contribution >= 0.6 is 0 Å². The number of carbonyl (C=O) groups is 1. The van der Waals surface area contributed by atoms with Crippen LogP contribution in [0.25, 0.3) is 0 Å². The lowest BCUT2D eigenvalue weighted by Gasteiger charge is -2.20. The summed E-state index contributed by atoms with van der Waals surface area (Å²) in [6.45, 7) is 3.52. The summed E-state index contributed by atoms with van der Waals surface area (Å²) in [5, 5.41) is 7.78. The number of nitrogens with one attached hydrogen (secondary N) is 1. The summed E-state index contributed by atoms with van der Waals surface area (Å²) in [4.78, 5) is 13.8. The van der Waals surface area contributed by atoms with Crippen molar-refractivity contribution in [2.45, 2.75) is 26.3 Å². The molecule has 1 saturated heterocycles. The third-order valence-corrected chi connectivity index (χ3v) is 3.85. The van der Waals surface area contributed by atoms with Crippen molar-refractivity contribution in [3.05, 3.63) is 41.7 Å². The van der Waals surface area contributed by atoms with Gasteiger partial charge in [0.15, 0.2) is 0 Å². The van der Waals surface area contributed by atoms with E-state index in [0.717, 1.165) is 30.0 Å². The van der Waals surface area contributed by atoms with Crippen LogP contribution in [0.3, 0.4) is 0 Å². The maximum atomic E-state index is 11.9. The van der Waals surface area contributed by atoms with E-state index in [2.05, 4.69) is 10.4 Å². The molecule has 21 heavy (non-hydrogen) atoms. The van der Waals surface area contributed by atoms with Crippen molar-refractivity contribution in [2.75, 3.05) is 16.8 Å². The van der Waals surface area contributed by atoms with Crippen LogP contribution in [0.15, 0.2) is 30.5 Å². The van der Waals surface area contributed by atoms with E-state index < -0.39 is 0 Å². The second-order valence-electron chi connectivity index (χ2n) is 5.43. The molecule has 110 valence electrons. The minimum atomic E-state index is 0.210. The van der Waals surface area contributed by atoms with E-state index in [0.29, 0.717) is 13.0 Å². The molecule has 1 aliphatic rings. The molecule has 1 aliphatic heterocycles. The number of benzene rings is 1. The van der Waals surface area contributed by atoms with Gasteiger partial charge in [-0.05, 0) is 25.5 Å². The zero-order valence-electron chi connectivity index (χ0n) is 12.5. The number of aromatic nitrogens is 2. The number of hydrogen-bond donors (Lipinski definition) is 1. The Balaban J connectivity index is 1.79. The van der Waals surface area contributed by atoms with Crippen LogP contribution in [0.4, 0.5) is 11.4 Å². The quantitative estimate of drug-likeness (QED) is 0.938. The van der Waals surface area contributed by atoms with E-state index in [1.807, 2.05) is 54.0 Å². The Morgan fingerprint density at radius 2 is 2.14 bits per heavy atom. The van der Waals surface area contributed by atoms with Crippen LogP contribution in [0.1, 0.15) is 24.1 Å². The van der Waals surface area contributed by atoms with Crippen molar-refractivity contribution >= 4 is 17.3 Å². The maximum absolute atomic E-state index is 11.9. The molecular formula is C16H20N4O. The number of hydrogen-bond acceptors (Lipinski definition) is 3. The average molecular weight is 284 g/mol. The Labute approximate surface area is 124 Å². The SMILES string of the molecule is Cc1nn(C)cc1CNc1ccccc1N1CCCC1=O. The van der Waals surface area contributed by atoms with Crippen molar-refractivity contribution in [1.29, 1.82) is 0 Å². The highest BCUT2D eigenvalue weighted by Crippen LogP contribution is 2.29. The Kier molecular flexibility index (Phi) is 3.64. The minimum Gasteiger partial charge on any atom is -0.379 e. The predicted octanol–water partition coefficient (Wildman–Crippen LogP) is 2.47. The molecule has 0 spiro atoms. The number of rotatable bonds is 4. The zero-order valence-corrected chi connectivity index (χ0v) is 12.5. The summed E-state index contributed by atoms with van der Waals surface area (Å²) in [5.41, 5.74) is 4.16. The number of para-hydroxylation sites is 2. The molecule has 5 nitrogen and oxygen atoms in total. The molecule has 1 fully saturated rings. The van der Waals surface area contributed by atoms with Crippen LogP contribution in [0.2, 0.25) is 0 Å². The Hall–Kier alpha value is -2.30. The number of nitrogens with zero attached hydrogens (tertiary/aromatic N) is 3. The van der Waals surface area contributed by atoms with Crippen LogP contribution in [0, 0.1) is 6.92 Å². The summed E-state index contributed by atoms with van der Waals surface area (Å²) in [6.07, 6.45) is 3.61. The van der Waals surface area contributed by atoms with E-state index in [4.69, 9.17) is 0 Å². The molecule has 3 rings (SSSR count). The highest BCUT2D eigenvalue weighted by molar-refractivity contribution is 5.98. The molecule has 0 aliphatic carbocycles. The molecule has 5 heteroatoms. The number of carbonyl (C=O) groups excluding carboxylic acids is 1. The van der Waals surface area contributed by atoms with Crippen molar-refractivity contribution in [2.24, 2.45) is 7.05 Å². The fourth-order valence-electron chi connectivity index (χ4n) is 2.77. The third kappa shape index (κ3) is 2.77. The second-order valence-corrected chi connectivity index (χ2v) is 5.43. The number of anilines is 2. The standard InChI is InChI=1S/C16H20N4O/c1-12-13(11-19(2)18-12)10-17-14-6-3-4-7-15(14)20-9-5-8-16(20)21/h3-4,6-7,11,17H,5,8-10H2,1-2H3. The molecule has 1 N–H and O–H groups in total. The van der Waals surface area contributed by atoms with Gasteiger partial charge in [0.25, 0.3) is 0 Å². The van der Waals surface area contributed by atoms with E-state index in [9.17, 15) is 4.79 Å². The van der Waals surface area contributed by atoms with Crippen molar-refractivity contribution in [3.8, 4) is 0 Å². The van der Waals surface area contributed by atoms with Gasteiger partial charge in [0, 0.05) is 38.3 Å². The van der Waals surface area contributed by atoms with E-state index in [1.165, 1.54) is 5.56 Å². The topological polar surface area (TPSA) is 50.2 Å². The molecule has 0 atom stereocenters. The molecule has 2 heterocycles. The van der Waals surface area contributed by atoms with Gasteiger partial charge in [0.05, 0.1) is 17.1 Å². The summed E-state index contributed by atoms with van der Waals surface area (Å²) >= 11 is 0. The van der Waals surface area contributed by atoms with Crippen molar-refractivity contribution in [3.63, 3.8) is 0 Å². The lowest BCUT2D eigenvalue weighted by molar-refractivity contribution is -0.117. The molecule has 1 aromatic carbocycles. The van der Waals surface area contributed by atoms with Crippen molar-refractivity contribution < 1.29 is 4.79 Å². The monoisotopic (exact) mass is 284 g/mol. The molecule has 2 aromatic rings. The van der Waals surface area contributed by atoms with Crippen molar-refractivity contribution in [1.82, 2.24) is 9.78 Å². The van der Waals surface area contributed by atoms with Crippen LogP contribution in [-0.2, 0) is 18.4 Å². The van der Waals surface area contributed by atoms with E-state index in [1.54, 1.807) is 0 Å². The average Bonchev–Trinajstić information content (AvgIpc) is 3.02. The fraction of sp³-hybridized carbons (Fsp3) is 0.375. The van der Waals surface area contributed by atoms with Gasteiger partial charge in [-0.3, -0.25) is 9.48 Å². The van der Waals surface area contributed by atoms with Gasteiger partial charge in [-0.25, -0.2) is 0 Å². The molecule has 0 saturated carbocycles. The first-order valence-electron chi connectivity index (χ1n) is 7.27. The molecule has 1 amide bonds. The van der Waals surface area contributed by atoms with Gasteiger partial charge in [-0.15, -0.1) is 0 Å². The lowest BCUT2D eigenvalue weighted by atomic mass is 10.2. The lowest BCUT2D eigenvalue weighted by Crippen LogP contribution is -2.24. The van der Waals surface area contributed by atoms with Gasteiger partial charge in [0.2, 0.25) is 5.91 Å². The van der Waals surface area contributed by atoms with Crippen LogP contribution in [-0.4, -0.2) is 22.2 Å². The van der Waals surface area contributed by atoms with Gasteiger partial charge in [0.1, 0.15) is 0 Å². The smallest absolute Gasteiger partial charge is 0.227 e. The maximum Gasteiger partial charge on any atom is 0.227 e. The molecule has 0 radical (unpaired) electrons. The highest BCUT2D eigenvalue weighted by atomic mass is 16.2. The van der Waals surface area contributed by atoms with E-state index in [-0.39, 0.29) is 5.91 Å². The highest BCUT2D eigenvalue weighted by Gasteiger charge is 2.23. The number of amides is 1. The summed E-state index contributed by atoms with van der Waals surface area (Å²) in [6, 6.07) is 7.98. The van der Waals surface area contributed by atoms with Gasteiger partial charge < -0.3 is 10.2 Å². The summed E-state index contributed by atoms with van der Waals surface area (Å²) in [7, 11) is 1.92. The summed E-state index contributed by atoms with van der Waals surface area (Å²) < 4.78 is 1.82. The largest absolute Gasteiger partial charge is 0.379 e. The predicted molar refractivity (Wildman–Crippen MR) is 83.3 cm³/mol. The second kappa shape index (κ2) is 5.60. The Morgan fingerprint density at radius 3 is 2.81 bits per heavy atom. The third-order valence-electron chi connectivity index (χ3n) is 3.85. The fourth-order valence-corrected chi connectivity index (χ4v) is 2.77.